The van der Waals surface area contributed by atoms with Crippen LogP contribution in [0, 0.1) is 0 Å². The molecule has 7 heteroatoms. The molecular weight excluding hydrogens is 302 g/mol. The monoisotopic (exact) mass is 319 g/mol. The Morgan fingerprint density at radius 2 is 1.95 bits per heavy atom. The van der Waals surface area contributed by atoms with Crippen molar-refractivity contribution in [1.82, 2.24) is 9.97 Å². The van der Waals surface area contributed by atoms with Gasteiger partial charge in [-0.25, -0.2) is 4.98 Å². The van der Waals surface area contributed by atoms with Crippen LogP contribution in [0.2, 0.25) is 0 Å². The molecule has 0 bridgehead atoms. The van der Waals surface area contributed by atoms with E-state index in [1.54, 1.807) is 6.08 Å². The number of aromatic nitrogens is 2. The maximum absolute atomic E-state index is 11.2. The van der Waals surface area contributed by atoms with Crippen molar-refractivity contribution in [2.45, 2.75) is 5.16 Å². The molecule has 1 aromatic carbocycles. The Morgan fingerprint density at radius 3 is 2.59 bits per heavy atom. The first-order valence-electron chi connectivity index (χ1n) is 6.63. The first-order chi connectivity index (χ1) is 10.7. The van der Waals surface area contributed by atoms with Gasteiger partial charge in [-0.15, -0.1) is 0 Å². The van der Waals surface area contributed by atoms with Crippen molar-refractivity contribution in [3.8, 4) is 11.5 Å². The van der Waals surface area contributed by atoms with Gasteiger partial charge in [0.15, 0.2) is 5.16 Å². The molecule has 0 unspecified atom stereocenters. The van der Waals surface area contributed by atoms with E-state index in [1.807, 2.05) is 24.3 Å². The fourth-order valence-electron chi connectivity index (χ4n) is 1.61. The van der Waals surface area contributed by atoms with E-state index in [2.05, 4.69) is 16.5 Å². The third-order valence-corrected chi connectivity index (χ3v) is 3.36. The zero-order chi connectivity index (χ0) is 15.8. The molecule has 3 N–H and O–H groups in total. The van der Waals surface area contributed by atoms with Gasteiger partial charge >= 0.3 is 0 Å². The Labute approximate surface area is 132 Å². The molecule has 2 aromatic rings. The molecular formula is C15H17N3O3S. The minimum absolute atomic E-state index is 0.210. The van der Waals surface area contributed by atoms with E-state index in [4.69, 9.17) is 15.2 Å². The summed E-state index contributed by atoms with van der Waals surface area (Å²) in [5, 5.41) is 0.488. The molecule has 0 saturated carbocycles. The summed E-state index contributed by atoms with van der Waals surface area (Å²) in [6.45, 7) is 4.55. The van der Waals surface area contributed by atoms with Crippen LogP contribution in [0.3, 0.4) is 0 Å². The van der Waals surface area contributed by atoms with E-state index in [0.29, 0.717) is 24.1 Å². The highest BCUT2D eigenvalue weighted by Crippen LogP contribution is 2.18. The number of rotatable bonds is 8. The van der Waals surface area contributed by atoms with E-state index < -0.39 is 0 Å². The fourth-order valence-corrected chi connectivity index (χ4v) is 2.31. The molecule has 1 aromatic heterocycles. The normalized spacial score (nSPS) is 10.2. The largest absolute Gasteiger partial charge is 0.493 e. The summed E-state index contributed by atoms with van der Waals surface area (Å²) >= 11 is 1.37. The number of nitrogens with two attached hydrogens (primary N) is 1. The Hall–Kier alpha value is -2.41. The highest BCUT2D eigenvalue weighted by atomic mass is 32.2. The van der Waals surface area contributed by atoms with E-state index in [1.165, 1.54) is 17.8 Å². The average molecular weight is 319 g/mol. The van der Waals surface area contributed by atoms with Crippen molar-refractivity contribution < 1.29 is 9.47 Å². The van der Waals surface area contributed by atoms with E-state index in [-0.39, 0.29) is 11.4 Å². The molecule has 0 atom stereocenters. The number of anilines is 1. The minimum Gasteiger partial charge on any atom is -0.493 e. The lowest BCUT2D eigenvalue weighted by molar-refractivity contribution is 0.339. The van der Waals surface area contributed by atoms with E-state index in [9.17, 15) is 4.79 Å². The standard InChI is InChI=1S/C15H17N3O3S/c1-2-7-20-11-3-5-12(6-4-11)21-8-9-22-15-17-13(16)10-14(19)18-15/h2-6,10H,1,7-9H2,(H3,16,17,18,19). The van der Waals surface area contributed by atoms with Crippen molar-refractivity contribution in [2.24, 2.45) is 0 Å². The molecule has 116 valence electrons. The van der Waals surface area contributed by atoms with Crippen molar-refractivity contribution in [3.63, 3.8) is 0 Å². The van der Waals surface area contributed by atoms with Crippen LogP contribution < -0.4 is 20.8 Å². The summed E-state index contributed by atoms with van der Waals surface area (Å²) in [5.74, 6) is 2.37. The lowest BCUT2D eigenvalue weighted by Crippen LogP contribution is -2.10. The van der Waals surface area contributed by atoms with Gasteiger partial charge in [0.2, 0.25) is 0 Å². The molecule has 0 fully saturated rings. The molecule has 2 rings (SSSR count). The quantitative estimate of drug-likeness (QED) is 0.335. The summed E-state index contributed by atoms with van der Waals surface area (Å²) in [7, 11) is 0. The predicted molar refractivity (Wildman–Crippen MR) is 87.6 cm³/mol. The highest BCUT2D eigenvalue weighted by molar-refractivity contribution is 7.99. The van der Waals surface area contributed by atoms with Gasteiger partial charge in [0.05, 0.1) is 6.61 Å². The van der Waals surface area contributed by atoms with Crippen molar-refractivity contribution in [1.29, 1.82) is 0 Å². The first kappa shape index (κ1) is 16.0. The highest BCUT2D eigenvalue weighted by Gasteiger charge is 2.01. The third-order valence-electron chi connectivity index (χ3n) is 2.52. The molecule has 22 heavy (non-hydrogen) atoms. The fraction of sp³-hybridized carbons (Fsp3) is 0.200. The number of thioether (sulfide) groups is 1. The van der Waals surface area contributed by atoms with E-state index in [0.717, 1.165) is 11.5 Å². The molecule has 0 aliphatic carbocycles. The van der Waals surface area contributed by atoms with Gasteiger partial charge in [-0.1, -0.05) is 24.4 Å². The van der Waals surface area contributed by atoms with Crippen LogP contribution in [0.25, 0.3) is 0 Å². The molecule has 0 spiro atoms. The van der Waals surface area contributed by atoms with Crippen LogP contribution in [0.15, 0.2) is 52.9 Å². The lowest BCUT2D eigenvalue weighted by Gasteiger charge is -2.07. The van der Waals surface area contributed by atoms with Crippen molar-refractivity contribution in [3.05, 3.63) is 53.3 Å². The van der Waals surface area contributed by atoms with Crippen LogP contribution in [0.5, 0.6) is 11.5 Å². The second-order valence-corrected chi connectivity index (χ2v) is 5.33. The molecule has 0 radical (unpaired) electrons. The van der Waals surface area contributed by atoms with Gasteiger partial charge in [-0.3, -0.25) is 4.79 Å². The zero-order valence-electron chi connectivity index (χ0n) is 12.0. The zero-order valence-corrected chi connectivity index (χ0v) is 12.8. The van der Waals surface area contributed by atoms with Crippen molar-refractivity contribution >= 4 is 17.6 Å². The summed E-state index contributed by atoms with van der Waals surface area (Å²) in [4.78, 5) is 17.9. The molecule has 0 saturated heterocycles. The Morgan fingerprint density at radius 1 is 1.27 bits per heavy atom. The van der Waals surface area contributed by atoms with Gasteiger partial charge in [0.1, 0.15) is 23.9 Å². The summed E-state index contributed by atoms with van der Waals surface area (Å²) in [6.07, 6.45) is 1.69. The summed E-state index contributed by atoms with van der Waals surface area (Å²) in [6, 6.07) is 8.59. The second kappa shape index (κ2) is 8.14. The first-order valence-corrected chi connectivity index (χ1v) is 7.62. The number of ether oxygens (including phenoxy) is 2. The van der Waals surface area contributed by atoms with Gasteiger partial charge in [0.25, 0.3) is 5.56 Å². The lowest BCUT2D eigenvalue weighted by atomic mass is 10.3. The smallest absolute Gasteiger partial charge is 0.253 e. The van der Waals surface area contributed by atoms with Gasteiger partial charge in [-0.05, 0) is 24.3 Å². The minimum atomic E-state index is -0.258. The Kier molecular flexibility index (Phi) is 5.91. The van der Waals surface area contributed by atoms with Crippen LogP contribution in [-0.2, 0) is 0 Å². The van der Waals surface area contributed by atoms with Crippen LogP contribution in [0.4, 0.5) is 5.82 Å². The number of H-pyrrole nitrogens is 1. The summed E-state index contributed by atoms with van der Waals surface area (Å²) in [5.41, 5.74) is 5.25. The van der Waals surface area contributed by atoms with Crippen molar-refractivity contribution in [2.75, 3.05) is 24.7 Å². The van der Waals surface area contributed by atoms with Crippen LogP contribution in [0.1, 0.15) is 0 Å². The van der Waals surface area contributed by atoms with Crippen LogP contribution in [-0.4, -0.2) is 28.9 Å². The number of nitrogens with zero attached hydrogens (tertiary/aromatic N) is 1. The number of benzene rings is 1. The predicted octanol–water partition coefficient (Wildman–Crippen LogP) is 2.09. The Balaban J connectivity index is 1.76. The molecule has 1 heterocycles. The third kappa shape index (κ3) is 5.17. The SMILES string of the molecule is C=CCOc1ccc(OCCSc2nc(N)cc(=O)[nH]2)cc1. The summed E-state index contributed by atoms with van der Waals surface area (Å²) < 4.78 is 11.0. The Bertz CT molecular complexity index is 670. The van der Waals surface area contributed by atoms with Gasteiger partial charge < -0.3 is 20.2 Å². The number of nitrogen functional groups attached to an aromatic ring is 1. The molecule has 0 aliphatic heterocycles. The van der Waals surface area contributed by atoms with E-state index >= 15 is 0 Å². The number of nitrogens with one attached hydrogen (secondary N) is 1. The molecule has 6 nitrogen and oxygen atoms in total. The maximum atomic E-state index is 11.2. The maximum Gasteiger partial charge on any atom is 0.253 e. The number of hydrogen-bond acceptors (Lipinski definition) is 6. The number of aromatic amines is 1. The van der Waals surface area contributed by atoms with Crippen LogP contribution >= 0.6 is 11.8 Å². The van der Waals surface area contributed by atoms with Gasteiger partial charge in [0, 0.05) is 11.8 Å². The van der Waals surface area contributed by atoms with Gasteiger partial charge in [-0.2, -0.15) is 0 Å². The topological polar surface area (TPSA) is 90.2 Å². The second-order valence-electron chi connectivity index (χ2n) is 4.24. The number of hydrogen-bond donors (Lipinski definition) is 2. The average Bonchev–Trinajstić information content (AvgIpc) is 2.50. The molecule has 0 amide bonds. The molecule has 0 aliphatic rings.